The zero-order valence-corrected chi connectivity index (χ0v) is 16.6. The molecule has 0 heterocycles. The van der Waals surface area contributed by atoms with E-state index in [0.717, 1.165) is 39.1 Å². The van der Waals surface area contributed by atoms with E-state index in [-0.39, 0.29) is 0 Å². The Balaban J connectivity index is 1.56. The zero-order chi connectivity index (χ0) is 20.9. The maximum Gasteiger partial charge on any atom is 0.329 e. The van der Waals surface area contributed by atoms with Crippen molar-refractivity contribution in [2.45, 2.75) is 13.3 Å². The molecule has 0 fully saturated rings. The van der Waals surface area contributed by atoms with Gasteiger partial charge in [-0.2, -0.15) is 5.10 Å². The minimum absolute atomic E-state index is 0.629. The van der Waals surface area contributed by atoms with E-state index in [2.05, 4.69) is 21.9 Å². The molecule has 0 saturated carbocycles. The van der Waals surface area contributed by atoms with Gasteiger partial charge in [-0.25, -0.2) is 5.43 Å². The summed E-state index contributed by atoms with van der Waals surface area (Å²) in [5.41, 5.74) is 4.82. The Bertz CT molecular complexity index is 1220. The molecule has 0 atom stereocenters. The lowest BCUT2D eigenvalue weighted by atomic mass is 9.97. The van der Waals surface area contributed by atoms with Crippen LogP contribution in [0.4, 0.5) is 5.69 Å². The van der Waals surface area contributed by atoms with Crippen molar-refractivity contribution in [3.05, 3.63) is 90.0 Å². The molecule has 0 radical (unpaired) electrons. The van der Waals surface area contributed by atoms with Gasteiger partial charge in [0.1, 0.15) is 0 Å². The number of rotatable bonds is 4. The molecule has 2 amide bonds. The number of para-hydroxylation sites is 1. The Morgan fingerprint density at radius 3 is 2.10 bits per heavy atom. The minimum Gasteiger partial charge on any atom is -0.317 e. The first-order valence-electron chi connectivity index (χ1n) is 9.80. The predicted octanol–water partition coefficient (Wildman–Crippen LogP) is 4.64. The molecule has 148 valence electrons. The fourth-order valence-electron chi connectivity index (χ4n) is 3.52. The highest BCUT2D eigenvalue weighted by Crippen LogP contribution is 2.27. The van der Waals surface area contributed by atoms with E-state index >= 15 is 0 Å². The molecule has 0 bridgehead atoms. The summed E-state index contributed by atoms with van der Waals surface area (Å²) >= 11 is 0. The molecule has 4 aromatic rings. The lowest BCUT2D eigenvalue weighted by Gasteiger charge is -2.09. The van der Waals surface area contributed by atoms with E-state index in [1.54, 1.807) is 12.3 Å². The smallest absolute Gasteiger partial charge is 0.317 e. The van der Waals surface area contributed by atoms with Crippen LogP contribution in [0.5, 0.6) is 0 Å². The molecular weight excluding hydrogens is 374 g/mol. The number of benzene rings is 4. The number of carbonyl (C=O) groups excluding carboxylic acids is 2. The van der Waals surface area contributed by atoms with Gasteiger partial charge in [0, 0.05) is 11.3 Å². The summed E-state index contributed by atoms with van der Waals surface area (Å²) < 4.78 is 0. The van der Waals surface area contributed by atoms with E-state index < -0.39 is 11.8 Å². The number of amides is 2. The maximum absolute atomic E-state index is 12.3. The molecule has 0 aromatic heterocycles. The van der Waals surface area contributed by atoms with Crippen molar-refractivity contribution in [1.82, 2.24) is 5.43 Å². The molecule has 30 heavy (non-hydrogen) atoms. The summed E-state index contributed by atoms with van der Waals surface area (Å²) in [4.78, 5) is 24.5. The van der Waals surface area contributed by atoms with Crippen LogP contribution in [0.25, 0.3) is 21.5 Å². The highest BCUT2D eigenvalue weighted by Gasteiger charge is 2.14. The van der Waals surface area contributed by atoms with Crippen LogP contribution in [-0.4, -0.2) is 18.0 Å². The van der Waals surface area contributed by atoms with Crippen LogP contribution < -0.4 is 10.7 Å². The number of fused-ring (bicyclic) bond motifs is 2. The van der Waals surface area contributed by atoms with Crippen molar-refractivity contribution in [1.29, 1.82) is 0 Å². The van der Waals surface area contributed by atoms with Crippen LogP contribution in [0, 0.1) is 0 Å². The lowest BCUT2D eigenvalue weighted by Crippen LogP contribution is -2.32. The number of hydrazone groups is 1. The Hall–Kier alpha value is -3.99. The number of aryl methyl sites for hydroxylation is 1. The van der Waals surface area contributed by atoms with Gasteiger partial charge in [-0.15, -0.1) is 0 Å². The Labute approximate surface area is 174 Å². The van der Waals surface area contributed by atoms with Gasteiger partial charge in [0.25, 0.3) is 0 Å². The van der Waals surface area contributed by atoms with Crippen LogP contribution >= 0.6 is 0 Å². The second kappa shape index (κ2) is 8.57. The quantitative estimate of drug-likeness (QED) is 0.229. The zero-order valence-electron chi connectivity index (χ0n) is 16.6. The Morgan fingerprint density at radius 2 is 1.43 bits per heavy atom. The fourth-order valence-corrected chi connectivity index (χ4v) is 3.52. The normalized spacial score (nSPS) is 11.1. The molecule has 0 aliphatic heterocycles. The topological polar surface area (TPSA) is 70.6 Å². The average Bonchev–Trinajstić information content (AvgIpc) is 2.78. The molecule has 4 rings (SSSR count). The van der Waals surface area contributed by atoms with Crippen molar-refractivity contribution >= 4 is 45.3 Å². The third kappa shape index (κ3) is 3.91. The first kappa shape index (κ1) is 19.3. The van der Waals surface area contributed by atoms with Crippen molar-refractivity contribution in [2.24, 2.45) is 5.10 Å². The molecule has 0 unspecified atom stereocenters. The fraction of sp³-hybridized carbons (Fsp3) is 0.0800. The summed E-state index contributed by atoms with van der Waals surface area (Å²) in [6.07, 6.45) is 2.35. The third-order valence-corrected chi connectivity index (χ3v) is 5.03. The summed E-state index contributed by atoms with van der Waals surface area (Å²) in [6.45, 7) is 1.99. The van der Waals surface area contributed by atoms with Gasteiger partial charge < -0.3 is 5.32 Å². The molecule has 2 N–H and O–H groups in total. The van der Waals surface area contributed by atoms with Gasteiger partial charge in [0.2, 0.25) is 0 Å². The van der Waals surface area contributed by atoms with Crippen LogP contribution in [0.1, 0.15) is 18.1 Å². The maximum atomic E-state index is 12.3. The van der Waals surface area contributed by atoms with Crippen LogP contribution in [-0.2, 0) is 16.0 Å². The average molecular weight is 395 g/mol. The summed E-state index contributed by atoms with van der Waals surface area (Å²) in [5.74, 6) is -1.57. The summed E-state index contributed by atoms with van der Waals surface area (Å²) in [5, 5.41) is 10.9. The highest BCUT2D eigenvalue weighted by atomic mass is 16.2. The molecule has 0 saturated heterocycles. The van der Waals surface area contributed by atoms with Gasteiger partial charge in [0.15, 0.2) is 0 Å². The van der Waals surface area contributed by atoms with Crippen molar-refractivity contribution in [3.63, 3.8) is 0 Å². The number of hydrogen-bond donors (Lipinski definition) is 2. The monoisotopic (exact) mass is 395 g/mol. The van der Waals surface area contributed by atoms with E-state index in [1.807, 2.05) is 73.7 Å². The minimum atomic E-state index is -0.818. The summed E-state index contributed by atoms with van der Waals surface area (Å²) in [7, 11) is 0. The molecule has 0 spiro atoms. The van der Waals surface area contributed by atoms with Gasteiger partial charge in [-0.05, 0) is 45.7 Å². The van der Waals surface area contributed by atoms with Crippen molar-refractivity contribution < 1.29 is 9.59 Å². The number of carbonyl (C=O) groups is 2. The molecule has 5 nitrogen and oxygen atoms in total. The molecule has 0 aliphatic carbocycles. The van der Waals surface area contributed by atoms with Crippen molar-refractivity contribution in [3.8, 4) is 0 Å². The van der Waals surface area contributed by atoms with Crippen LogP contribution in [0.2, 0.25) is 0 Å². The third-order valence-electron chi connectivity index (χ3n) is 5.03. The van der Waals surface area contributed by atoms with Gasteiger partial charge in [-0.3, -0.25) is 9.59 Å². The Morgan fingerprint density at radius 1 is 0.833 bits per heavy atom. The van der Waals surface area contributed by atoms with Gasteiger partial charge in [-0.1, -0.05) is 73.7 Å². The largest absolute Gasteiger partial charge is 0.329 e. The van der Waals surface area contributed by atoms with Gasteiger partial charge >= 0.3 is 11.8 Å². The molecule has 4 aromatic carbocycles. The highest BCUT2D eigenvalue weighted by molar-refractivity contribution is 6.39. The van der Waals surface area contributed by atoms with Crippen LogP contribution in [0.3, 0.4) is 0 Å². The summed E-state index contributed by atoms with van der Waals surface area (Å²) in [6, 6.07) is 25.5. The second-order valence-corrected chi connectivity index (χ2v) is 6.90. The van der Waals surface area contributed by atoms with Crippen molar-refractivity contribution in [2.75, 3.05) is 5.32 Å². The van der Waals surface area contributed by atoms with Crippen LogP contribution in [0.15, 0.2) is 84.0 Å². The van der Waals surface area contributed by atoms with E-state index in [0.29, 0.717) is 5.69 Å². The number of nitrogens with zero attached hydrogens (tertiary/aromatic N) is 1. The van der Waals surface area contributed by atoms with Gasteiger partial charge in [0.05, 0.1) is 6.21 Å². The standard InChI is InChI=1S/C25H21N3O2/c1-2-17-9-5-8-14-23(17)27-24(29)25(30)28-26-16-22-20-12-6-3-10-18(20)15-19-11-4-7-13-21(19)22/h3-16H,2H2,1H3,(H,27,29)(H,28,30)/b26-16+. The van der Waals surface area contributed by atoms with E-state index in [4.69, 9.17) is 0 Å². The first-order chi connectivity index (χ1) is 14.7. The SMILES string of the molecule is CCc1ccccc1NC(=O)C(=O)N/N=C/c1c2ccccc2cc2ccccc12. The molecule has 0 aliphatic rings. The van der Waals surface area contributed by atoms with E-state index in [1.165, 1.54) is 0 Å². The molecule has 5 heteroatoms. The lowest BCUT2D eigenvalue weighted by molar-refractivity contribution is -0.136. The number of anilines is 1. The second-order valence-electron chi connectivity index (χ2n) is 6.90. The van der Waals surface area contributed by atoms with E-state index in [9.17, 15) is 9.59 Å². The number of hydrogen-bond acceptors (Lipinski definition) is 3. The Kier molecular flexibility index (Phi) is 5.52. The molecular formula is C25H21N3O2. The number of nitrogens with one attached hydrogen (secondary N) is 2. The first-order valence-corrected chi connectivity index (χ1v) is 9.80. The predicted molar refractivity (Wildman–Crippen MR) is 122 cm³/mol.